The molecule has 0 bridgehead atoms. The molecule has 7 nitrogen and oxygen atoms in total. The third-order valence-electron chi connectivity index (χ3n) is 4.35. The van der Waals surface area contributed by atoms with E-state index in [-0.39, 0.29) is 23.3 Å². The van der Waals surface area contributed by atoms with Crippen LogP contribution in [0.5, 0.6) is 11.5 Å². The zero-order valence-electron chi connectivity index (χ0n) is 17.2. The van der Waals surface area contributed by atoms with Gasteiger partial charge in [0.25, 0.3) is 11.1 Å². The summed E-state index contributed by atoms with van der Waals surface area (Å²) >= 11 is 10.4. The zero-order chi connectivity index (χ0) is 23.3. The number of hydrogen-bond donors (Lipinski definition) is 0. The number of ether oxygens (including phenoxy) is 3. The molecule has 0 saturated carbocycles. The van der Waals surface area contributed by atoms with Crippen LogP contribution in [0.25, 0.3) is 6.08 Å². The smallest absolute Gasteiger partial charge is 0.343 e. The highest BCUT2D eigenvalue weighted by Crippen LogP contribution is 2.39. The first-order valence-electron chi connectivity index (χ1n) is 9.48. The minimum Gasteiger partial charge on any atom is -0.490 e. The lowest BCUT2D eigenvalue weighted by molar-refractivity contribution is -0.143. The quantitative estimate of drug-likeness (QED) is 0.332. The van der Waals surface area contributed by atoms with Crippen LogP contribution in [0, 0.1) is 0 Å². The summed E-state index contributed by atoms with van der Waals surface area (Å²) in [5, 5.41) is 0.117. The Morgan fingerprint density at radius 1 is 1.22 bits per heavy atom. The molecule has 168 valence electrons. The van der Waals surface area contributed by atoms with E-state index in [1.165, 1.54) is 7.11 Å². The Morgan fingerprint density at radius 2 is 1.97 bits per heavy atom. The van der Waals surface area contributed by atoms with Gasteiger partial charge in [-0.05, 0) is 70.0 Å². The molecule has 1 heterocycles. The monoisotopic (exact) mass is 539 g/mol. The van der Waals surface area contributed by atoms with Gasteiger partial charge in [-0.3, -0.25) is 14.5 Å². The van der Waals surface area contributed by atoms with Crippen molar-refractivity contribution in [1.82, 2.24) is 4.90 Å². The first-order valence-corrected chi connectivity index (χ1v) is 11.5. The fourth-order valence-corrected chi connectivity index (χ4v) is 4.46. The van der Waals surface area contributed by atoms with E-state index in [4.69, 9.17) is 21.1 Å². The van der Waals surface area contributed by atoms with E-state index in [0.29, 0.717) is 38.7 Å². The van der Waals surface area contributed by atoms with Crippen molar-refractivity contribution in [3.63, 3.8) is 0 Å². The summed E-state index contributed by atoms with van der Waals surface area (Å²) in [6.07, 6.45) is 1.61. The summed E-state index contributed by atoms with van der Waals surface area (Å²) in [5.74, 6) is -0.218. The van der Waals surface area contributed by atoms with Gasteiger partial charge in [0, 0.05) is 5.02 Å². The van der Waals surface area contributed by atoms with Crippen LogP contribution in [0.15, 0.2) is 45.8 Å². The van der Waals surface area contributed by atoms with Gasteiger partial charge < -0.3 is 14.2 Å². The van der Waals surface area contributed by atoms with Crippen molar-refractivity contribution in [1.29, 1.82) is 0 Å². The fraction of sp³-hybridized carbons (Fsp3) is 0.227. The van der Waals surface area contributed by atoms with Gasteiger partial charge in [-0.25, -0.2) is 4.79 Å². The van der Waals surface area contributed by atoms with E-state index in [1.54, 1.807) is 42.5 Å². The fourth-order valence-electron chi connectivity index (χ4n) is 2.85. The Balaban J connectivity index is 1.85. The van der Waals surface area contributed by atoms with E-state index in [0.717, 1.165) is 16.7 Å². The highest BCUT2D eigenvalue weighted by Gasteiger charge is 2.35. The van der Waals surface area contributed by atoms with Crippen molar-refractivity contribution in [2.75, 3.05) is 20.3 Å². The molecule has 1 saturated heterocycles. The summed E-state index contributed by atoms with van der Waals surface area (Å²) in [5.41, 5.74) is 1.31. The number of hydrogen-bond acceptors (Lipinski definition) is 7. The molecule has 0 spiro atoms. The van der Waals surface area contributed by atoms with Gasteiger partial charge in [0.1, 0.15) is 0 Å². The topological polar surface area (TPSA) is 82.1 Å². The third kappa shape index (κ3) is 5.65. The SMILES string of the molecule is CCOc1cc(/C=C2\SC(=O)N(Cc3ccccc3Cl)C2=O)cc(Br)c1OCC(=O)OC. The number of imide groups is 1. The van der Waals surface area contributed by atoms with Crippen LogP contribution in [0.3, 0.4) is 0 Å². The number of halogens is 2. The maximum absolute atomic E-state index is 12.9. The third-order valence-corrected chi connectivity index (χ3v) is 6.22. The molecule has 0 atom stereocenters. The van der Waals surface area contributed by atoms with E-state index >= 15 is 0 Å². The first kappa shape index (κ1) is 24.2. The lowest BCUT2D eigenvalue weighted by atomic mass is 10.1. The van der Waals surface area contributed by atoms with Crippen LogP contribution >= 0.6 is 39.3 Å². The van der Waals surface area contributed by atoms with Crippen LogP contribution in [-0.2, 0) is 20.9 Å². The van der Waals surface area contributed by atoms with Gasteiger partial charge >= 0.3 is 5.97 Å². The average molecular weight is 541 g/mol. The molecule has 2 amide bonds. The number of thioether (sulfide) groups is 1. The van der Waals surface area contributed by atoms with Gasteiger partial charge in [-0.15, -0.1) is 0 Å². The van der Waals surface area contributed by atoms with Crippen molar-refractivity contribution in [3.05, 3.63) is 61.9 Å². The van der Waals surface area contributed by atoms with Gasteiger partial charge in [0.05, 0.1) is 29.6 Å². The average Bonchev–Trinajstić information content (AvgIpc) is 3.02. The predicted molar refractivity (Wildman–Crippen MR) is 126 cm³/mol. The summed E-state index contributed by atoms with van der Waals surface area (Å²) in [4.78, 5) is 38.2. The van der Waals surface area contributed by atoms with Crippen molar-refractivity contribution < 1.29 is 28.6 Å². The lowest BCUT2D eigenvalue weighted by Crippen LogP contribution is -2.27. The maximum atomic E-state index is 12.9. The van der Waals surface area contributed by atoms with E-state index in [9.17, 15) is 14.4 Å². The van der Waals surface area contributed by atoms with Crippen molar-refractivity contribution in [3.8, 4) is 11.5 Å². The molecule has 2 aromatic carbocycles. The zero-order valence-corrected chi connectivity index (χ0v) is 20.4. The number of amides is 2. The molecule has 1 aliphatic rings. The maximum Gasteiger partial charge on any atom is 0.343 e. The van der Waals surface area contributed by atoms with Gasteiger partial charge in [-0.2, -0.15) is 0 Å². The number of carbonyl (C=O) groups is 3. The molecule has 3 rings (SSSR count). The summed E-state index contributed by atoms with van der Waals surface area (Å²) in [7, 11) is 1.27. The second-order valence-electron chi connectivity index (χ2n) is 6.49. The van der Waals surface area contributed by atoms with Crippen LogP contribution in [-0.4, -0.2) is 42.3 Å². The standard InChI is InChI=1S/C22H19BrClNO6S/c1-3-30-17-9-13(8-15(23)20(17)31-12-19(26)29-2)10-18-21(27)25(22(28)32-18)11-14-6-4-5-7-16(14)24/h4-10H,3,11-12H2,1-2H3/b18-10-. The van der Waals surface area contributed by atoms with Crippen molar-refractivity contribution >= 4 is 62.5 Å². The number of nitrogens with zero attached hydrogens (tertiary/aromatic N) is 1. The molecule has 10 heteroatoms. The second kappa shape index (κ2) is 10.9. The van der Waals surface area contributed by atoms with Gasteiger partial charge in [0.2, 0.25) is 0 Å². The highest BCUT2D eigenvalue weighted by molar-refractivity contribution is 9.10. The number of esters is 1. The molecule has 0 unspecified atom stereocenters. The van der Waals surface area contributed by atoms with Crippen LogP contribution in [0.1, 0.15) is 18.1 Å². The summed E-state index contributed by atoms with van der Waals surface area (Å²) in [6.45, 7) is 1.98. The van der Waals surface area contributed by atoms with E-state index in [1.807, 2.05) is 6.92 Å². The van der Waals surface area contributed by atoms with Gasteiger partial charge in [0.15, 0.2) is 18.1 Å². The molecule has 0 N–H and O–H groups in total. The Hall–Kier alpha value is -2.49. The Labute approximate surface area is 202 Å². The van der Waals surface area contributed by atoms with Crippen LogP contribution < -0.4 is 9.47 Å². The van der Waals surface area contributed by atoms with E-state index < -0.39 is 11.9 Å². The number of benzene rings is 2. The van der Waals surface area contributed by atoms with Crippen LogP contribution in [0.4, 0.5) is 4.79 Å². The molecule has 2 aromatic rings. The largest absolute Gasteiger partial charge is 0.490 e. The number of methoxy groups -OCH3 is 1. The molecule has 0 aliphatic carbocycles. The Bertz CT molecular complexity index is 1090. The first-order chi connectivity index (χ1) is 15.3. The number of rotatable bonds is 8. The second-order valence-corrected chi connectivity index (χ2v) is 8.74. The van der Waals surface area contributed by atoms with Crippen LogP contribution in [0.2, 0.25) is 5.02 Å². The lowest BCUT2D eigenvalue weighted by Gasteiger charge is -2.14. The molecule has 0 aromatic heterocycles. The Kier molecular flexibility index (Phi) is 8.22. The molecular weight excluding hydrogens is 522 g/mol. The predicted octanol–water partition coefficient (Wildman–Crippen LogP) is 5.29. The highest BCUT2D eigenvalue weighted by atomic mass is 79.9. The molecule has 32 heavy (non-hydrogen) atoms. The molecular formula is C22H19BrClNO6S. The van der Waals surface area contributed by atoms with E-state index in [2.05, 4.69) is 20.7 Å². The molecule has 0 radical (unpaired) electrons. The molecule has 1 aliphatic heterocycles. The van der Waals surface area contributed by atoms with Crippen molar-refractivity contribution in [2.45, 2.75) is 13.5 Å². The normalized spacial score (nSPS) is 14.8. The van der Waals surface area contributed by atoms with Crippen molar-refractivity contribution in [2.24, 2.45) is 0 Å². The number of carbonyl (C=O) groups excluding carboxylic acids is 3. The minimum absolute atomic E-state index is 0.0931. The molecule has 1 fully saturated rings. The summed E-state index contributed by atoms with van der Waals surface area (Å²) < 4.78 is 16.3. The Morgan fingerprint density at radius 3 is 2.66 bits per heavy atom. The van der Waals surface area contributed by atoms with Gasteiger partial charge in [-0.1, -0.05) is 29.8 Å². The minimum atomic E-state index is -0.532. The summed E-state index contributed by atoms with van der Waals surface area (Å²) in [6, 6.07) is 10.4.